The molecule has 0 atom stereocenters. The standard InChI is InChI=1S/C44H28O/c1-3-15-29(16-4-1)31-19-7-8-21-33(31)42-34-22-9-11-24-36(34)43(37-25-12-10-23-35(37)42)39-28-27-38-32-20-13-14-26-40(32)45-44(38)41(39)30-17-5-2-6-18-30/h1-28H/i1D,3D,4D,7D,8D,13D,14D,15D,16D,19D,20D,21D,26D,27D,28D. The van der Waals surface area contributed by atoms with Crippen LogP contribution in [0, 0.1) is 0 Å². The van der Waals surface area contributed by atoms with Crippen molar-refractivity contribution in [1.29, 1.82) is 0 Å². The van der Waals surface area contributed by atoms with E-state index < -0.39 is 84.1 Å². The van der Waals surface area contributed by atoms with E-state index in [1.807, 2.05) is 0 Å². The Kier molecular flexibility index (Phi) is 3.39. The molecule has 0 saturated carbocycles. The maximum absolute atomic E-state index is 9.76. The van der Waals surface area contributed by atoms with Crippen LogP contribution in [0.15, 0.2) is 174 Å². The van der Waals surface area contributed by atoms with Gasteiger partial charge in [0, 0.05) is 16.3 Å². The molecule has 8 aromatic carbocycles. The molecule has 0 radical (unpaired) electrons. The molecule has 1 heterocycles. The summed E-state index contributed by atoms with van der Waals surface area (Å²) < 4.78 is 139. The van der Waals surface area contributed by atoms with E-state index in [0.717, 1.165) is 0 Å². The lowest BCUT2D eigenvalue weighted by Crippen LogP contribution is -1.94. The van der Waals surface area contributed by atoms with Crippen molar-refractivity contribution in [2.75, 3.05) is 0 Å². The maximum atomic E-state index is 9.76. The number of furan rings is 1. The predicted molar refractivity (Wildman–Crippen MR) is 190 cm³/mol. The van der Waals surface area contributed by atoms with Crippen LogP contribution in [-0.2, 0) is 0 Å². The Balaban J connectivity index is 1.52. The molecule has 0 aliphatic heterocycles. The molecule has 0 fully saturated rings. The molecule has 1 aromatic heterocycles. The zero-order valence-electron chi connectivity index (χ0n) is 38.4. The van der Waals surface area contributed by atoms with E-state index in [4.69, 9.17) is 20.9 Å². The summed E-state index contributed by atoms with van der Waals surface area (Å²) in [7, 11) is 0. The summed E-state index contributed by atoms with van der Waals surface area (Å²) in [6.07, 6.45) is 0. The van der Waals surface area contributed by atoms with Crippen LogP contribution in [0.3, 0.4) is 0 Å². The van der Waals surface area contributed by atoms with E-state index >= 15 is 0 Å². The zero-order valence-corrected chi connectivity index (χ0v) is 23.4. The van der Waals surface area contributed by atoms with Gasteiger partial charge >= 0.3 is 0 Å². The van der Waals surface area contributed by atoms with Gasteiger partial charge in [-0.05, 0) is 72.6 Å². The molecule has 1 nitrogen and oxygen atoms in total. The molecule has 0 spiro atoms. The Bertz CT molecular complexity index is 3290. The number of benzene rings is 8. The maximum Gasteiger partial charge on any atom is 0.143 e. The largest absolute Gasteiger partial charge is 0.455 e. The fourth-order valence-electron chi connectivity index (χ4n) is 6.21. The van der Waals surface area contributed by atoms with Crippen LogP contribution in [0.25, 0.3) is 88.0 Å². The van der Waals surface area contributed by atoms with Crippen LogP contribution >= 0.6 is 0 Å². The summed E-state index contributed by atoms with van der Waals surface area (Å²) in [6, 6.07) is 14.7. The second-order valence-electron chi connectivity index (χ2n) is 10.5. The molecule has 210 valence electrons. The van der Waals surface area contributed by atoms with Gasteiger partial charge in [0.1, 0.15) is 11.2 Å². The Morgan fingerprint density at radius 3 is 1.60 bits per heavy atom. The van der Waals surface area contributed by atoms with E-state index in [1.165, 1.54) is 0 Å². The zero-order chi connectivity index (χ0) is 42.8. The lowest BCUT2D eigenvalue weighted by molar-refractivity contribution is 0.670. The topological polar surface area (TPSA) is 13.1 Å². The van der Waals surface area contributed by atoms with Crippen LogP contribution in [0.5, 0.6) is 0 Å². The summed E-state index contributed by atoms with van der Waals surface area (Å²) in [5.41, 5.74) is 0.937. The Morgan fingerprint density at radius 1 is 0.356 bits per heavy atom. The quantitative estimate of drug-likeness (QED) is 0.187. The van der Waals surface area contributed by atoms with Gasteiger partial charge in [0.2, 0.25) is 0 Å². The second-order valence-corrected chi connectivity index (χ2v) is 10.5. The molecule has 0 amide bonds. The predicted octanol–water partition coefficient (Wildman–Crippen LogP) is 12.6. The van der Waals surface area contributed by atoms with E-state index in [9.17, 15) is 4.11 Å². The highest BCUT2D eigenvalue weighted by Crippen LogP contribution is 2.49. The summed E-state index contributed by atoms with van der Waals surface area (Å²) in [5, 5.41) is 1.78. The summed E-state index contributed by atoms with van der Waals surface area (Å²) in [6.45, 7) is 0. The molecular weight excluding hydrogens is 544 g/mol. The fraction of sp³-hybridized carbons (Fsp3) is 0. The fourth-order valence-corrected chi connectivity index (χ4v) is 6.21. The molecule has 45 heavy (non-hydrogen) atoms. The number of fused-ring (bicyclic) bond motifs is 5. The van der Waals surface area contributed by atoms with Gasteiger partial charge in [-0.2, -0.15) is 0 Å². The van der Waals surface area contributed by atoms with E-state index in [-0.39, 0.29) is 56.3 Å². The minimum atomic E-state index is -0.675. The molecule has 0 aliphatic carbocycles. The minimum absolute atomic E-state index is 0.0262. The first-order chi connectivity index (χ1) is 28.6. The number of hydrogen-bond donors (Lipinski definition) is 0. The molecule has 1 heteroatoms. The third-order valence-electron chi connectivity index (χ3n) is 8.06. The highest BCUT2D eigenvalue weighted by Gasteiger charge is 2.23. The monoisotopic (exact) mass is 587 g/mol. The molecule has 9 aromatic rings. The highest BCUT2D eigenvalue weighted by molar-refractivity contribution is 6.25. The first-order valence-electron chi connectivity index (χ1n) is 21.7. The van der Waals surface area contributed by atoms with Crippen molar-refractivity contribution in [2.45, 2.75) is 0 Å². The van der Waals surface area contributed by atoms with E-state index in [2.05, 4.69) is 0 Å². The normalized spacial score (nSPS) is 16.2. The van der Waals surface area contributed by atoms with Crippen molar-refractivity contribution < 1.29 is 25.0 Å². The average Bonchev–Trinajstić information content (AvgIpc) is 3.66. The van der Waals surface area contributed by atoms with Crippen LogP contribution in [0.1, 0.15) is 20.6 Å². The lowest BCUT2D eigenvalue weighted by atomic mass is 9.82. The molecule has 0 unspecified atom stereocenters. The van der Waals surface area contributed by atoms with Crippen molar-refractivity contribution in [2.24, 2.45) is 0 Å². The van der Waals surface area contributed by atoms with Gasteiger partial charge in [0.15, 0.2) is 0 Å². The number of para-hydroxylation sites is 1. The second kappa shape index (κ2) is 10.4. The van der Waals surface area contributed by atoms with Crippen LogP contribution in [-0.4, -0.2) is 0 Å². The van der Waals surface area contributed by atoms with Crippen LogP contribution < -0.4 is 0 Å². The Labute approximate surface area is 282 Å². The third-order valence-corrected chi connectivity index (χ3v) is 8.06. The van der Waals surface area contributed by atoms with Crippen LogP contribution in [0.4, 0.5) is 0 Å². The summed E-state index contributed by atoms with van der Waals surface area (Å²) in [4.78, 5) is 0. The molecular formula is C44H28O. The van der Waals surface area contributed by atoms with Crippen molar-refractivity contribution in [3.8, 4) is 44.5 Å². The number of hydrogen-bond acceptors (Lipinski definition) is 1. The minimum Gasteiger partial charge on any atom is -0.455 e. The van der Waals surface area contributed by atoms with Gasteiger partial charge in [-0.25, -0.2) is 0 Å². The smallest absolute Gasteiger partial charge is 0.143 e. The molecule has 0 saturated heterocycles. The van der Waals surface area contributed by atoms with E-state index in [1.54, 1.807) is 78.9 Å². The molecule has 0 aliphatic rings. The first-order valence-corrected chi connectivity index (χ1v) is 14.2. The van der Waals surface area contributed by atoms with Gasteiger partial charge in [-0.3, -0.25) is 0 Å². The number of rotatable bonds is 4. The van der Waals surface area contributed by atoms with Crippen molar-refractivity contribution >= 4 is 43.5 Å². The third kappa shape index (κ3) is 4.02. The van der Waals surface area contributed by atoms with Gasteiger partial charge in [0.25, 0.3) is 0 Å². The van der Waals surface area contributed by atoms with Crippen molar-refractivity contribution in [1.82, 2.24) is 0 Å². The Hall–Kier alpha value is -5.92. The van der Waals surface area contributed by atoms with Gasteiger partial charge in [0.05, 0.1) is 20.6 Å². The molecule has 0 bridgehead atoms. The summed E-state index contributed by atoms with van der Waals surface area (Å²) >= 11 is 0. The SMILES string of the molecule is [2H]c1c([2H])c([2H])c(-c2c([2H])c([2H])c([2H])c([2H])c2-c2c3ccccc3c(-c3c([2H])c([2H])c4c(oc5c([2H])c([2H])c([2H])c([2H])c54)c3-c3ccccc3)c3ccccc23)c([2H])c1[2H]. The Morgan fingerprint density at radius 2 is 0.911 bits per heavy atom. The first kappa shape index (κ1) is 14.7. The van der Waals surface area contributed by atoms with E-state index in [0.29, 0.717) is 38.2 Å². The lowest BCUT2D eigenvalue weighted by Gasteiger charge is -2.21. The van der Waals surface area contributed by atoms with Gasteiger partial charge in [-0.1, -0.05) is 157 Å². The van der Waals surface area contributed by atoms with Crippen molar-refractivity contribution in [3.05, 3.63) is 169 Å². The van der Waals surface area contributed by atoms with Crippen LogP contribution in [0.2, 0.25) is 0 Å². The molecule has 0 N–H and O–H groups in total. The molecule has 9 rings (SSSR count). The summed E-state index contributed by atoms with van der Waals surface area (Å²) in [5.74, 6) is 0. The van der Waals surface area contributed by atoms with Gasteiger partial charge in [-0.15, -0.1) is 0 Å². The van der Waals surface area contributed by atoms with Crippen molar-refractivity contribution in [3.63, 3.8) is 0 Å². The average molecular weight is 588 g/mol. The highest BCUT2D eigenvalue weighted by atomic mass is 16.3. The van der Waals surface area contributed by atoms with Gasteiger partial charge < -0.3 is 4.42 Å².